The minimum absolute atomic E-state index is 0.188. The molecule has 0 bridgehead atoms. The van der Waals surface area contributed by atoms with Crippen molar-refractivity contribution >= 4 is 17.9 Å². The van der Waals surface area contributed by atoms with Gasteiger partial charge in [-0.1, -0.05) is 31.7 Å². The Morgan fingerprint density at radius 2 is 2.21 bits per heavy atom. The van der Waals surface area contributed by atoms with Crippen LogP contribution in [0.3, 0.4) is 0 Å². The van der Waals surface area contributed by atoms with Crippen molar-refractivity contribution in [1.82, 2.24) is 9.55 Å². The number of aromatic nitrogens is 2. The number of rotatable bonds is 7. The van der Waals surface area contributed by atoms with Crippen molar-refractivity contribution in [1.29, 1.82) is 0 Å². The molecule has 24 heavy (non-hydrogen) atoms. The lowest BCUT2D eigenvalue weighted by Crippen LogP contribution is -2.16. The minimum Gasteiger partial charge on any atom is -0.449 e. The summed E-state index contributed by atoms with van der Waals surface area (Å²) in [5.74, 6) is 0.801. The number of amides is 1. The molecule has 130 valence electrons. The molecule has 2 aromatic rings. The van der Waals surface area contributed by atoms with Crippen molar-refractivity contribution in [2.24, 2.45) is 5.73 Å². The Bertz CT molecular complexity index is 716. The average molecular weight is 351 g/mol. The highest BCUT2D eigenvalue weighted by atomic mass is 32.2. The van der Waals surface area contributed by atoms with Crippen molar-refractivity contribution in [3.63, 3.8) is 0 Å². The molecular weight excluding hydrogens is 329 g/mol. The Morgan fingerprint density at radius 3 is 2.79 bits per heavy atom. The third kappa shape index (κ3) is 4.50. The first kappa shape index (κ1) is 18.3. The second kappa shape index (κ2) is 8.19. The van der Waals surface area contributed by atoms with E-state index in [4.69, 9.17) is 15.5 Å². The highest BCUT2D eigenvalue weighted by molar-refractivity contribution is 7.99. The molecule has 1 amide bonds. The molecule has 0 radical (unpaired) electrons. The molecule has 0 unspecified atom stereocenters. The summed E-state index contributed by atoms with van der Waals surface area (Å²) >= 11 is 1.50. The van der Waals surface area contributed by atoms with Gasteiger partial charge in [-0.3, -0.25) is 0 Å². The number of hydrogen-bond donors (Lipinski definition) is 1. The van der Waals surface area contributed by atoms with Crippen LogP contribution in [0.15, 0.2) is 34.2 Å². The van der Waals surface area contributed by atoms with Gasteiger partial charge in [-0.05, 0) is 31.0 Å². The molecule has 5 nitrogen and oxygen atoms in total. The summed E-state index contributed by atoms with van der Waals surface area (Å²) in [5, 5.41) is 0.993. The number of hydrogen-bond acceptors (Lipinski definition) is 4. The van der Waals surface area contributed by atoms with Crippen molar-refractivity contribution in [2.75, 3.05) is 6.61 Å². The van der Waals surface area contributed by atoms with Gasteiger partial charge >= 0.3 is 6.09 Å². The van der Waals surface area contributed by atoms with Crippen molar-refractivity contribution in [2.45, 2.75) is 49.6 Å². The van der Waals surface area contributed by atoms with E-state index in [1.165, 1.54) is 23.9 Å². The van der Waals surface area contributed by atoms with Crippen molar-refractivity contribution in [3.05, 3.63) is 41.6 Å². The van der Waals surface area contributed by atoms with Gasteiger partial charge < -0.3 is 15.0 Å². The fourth-order valence-electron chi connectivity index (χ4n) is 2.39. The van der Waals surface area contributed by atoms with Crippen LogP contribution >= 0.6 is 11.8 Å². The van der Waals surface area contributed by atoms with Gasteiger partial charge in [0, 0.05) is 17.9 Å². The third-order valence-electron chi connectivity index (χ3n) is 3.47. The van der Waals surface area contributed by atoms with Crippen LogP contribution in [0.1, 0.15) is 38.2 Å². The number of halogens is 1. The van der Waals surface area contributed by atoms with Crippen molar-refractivity contribution in [3.8, 4) is 0 Å². The molecule has 0 spiro atoms. The van der Waals surface area contributed by atoms with Gasteiger partial charge in [-0.15, -0.1) is 0 Å². The summed E-state index contributed by atoms with van der Waals surface area (Å²) in [7, 11) is 0. The summed E-state index contributed by atoms with van der Waals surface area (Å²) < 4.78 is 20.4. The van der Waals surface area contributed by atoms with Gasteiger partial charge in [0.1, 0.15) is 23.3 Å². The van der Waals surface area contributed by atoms with E-state index < -0.39 is 6.09 Å². The van der Waals surface area contributed by atoms with Gasteiger partial charge in [-0.25, -0.2) is 14.2 Å². The number of primary amides is 1. The zero-order valence-corrected chi connectivity index (χ0v) is 14.9. The monoisotopic (exact) mass is 351 g/mol. The van der Waals surface area contributed by atoms with E-state index in [9.17, 15) is 9.18 Å². The maximum Gasteiger partial charge on any atom is 0.404 e. The highest BCUT2D eigenvalue weighted by Crippen LogP contribution is 2.35. The van der Waals surface area contributed by atoms with Crippen LogP contribution in [0.25, 0.3) is 0 Å². The number of nitrogens with zero attached hydrogens (tertiary/aromatic N) is 2. The molecule has 0 aliphatic heterocycles. The Morgan fingerprint density at radius 1 is 1.46 bits per heavy atom. The number of carbonyl (C=O) groups excluding carboxylic acids is 1. The summed E-state index contributed by atoms with van der Waals surface area (Å²) in [4.78, 5) is 16.3. The molecule has 1 aromatic heterocycles. The third-order valence-corrected chi connectivity index (χ3v) is 4.58. The second-order valence-electron chi connectivity index (χ2n) is 5.59. The van der Waals surface area contributed by atoms with E-state index in [1.807, 2.05) is 13.0 Å². The molecule has 0 fully saturated rings. The van der Waals surface area contributed by atoms with Gasteiger partial charge in [-0.2, -0.15) is 0 Å². The first-order valence-electron chi connectivity index (χ1n) is 7.87. The lowest BCUT2D eigenvalue weighted by molar-refractivity contribution is 0.157. The summed E-state index contributed by atoms with van der Waals surface area (Å²) in [6.45, 7) is 7.08. The van der Waals surface area contributed by atoms with E-state index in [0.29, 0.717) is 6.42 Å². The van der Waals surface area contributed by atoms with E-state index in [0.717, 1.165) is 28.0 Å². The molecule has 2 N–H and O–H groups in total. The summed E-state index contributed by atoms with van der Waals surface area (Å²) in [6.07, 6.45) is -0.303. The largest absolute Gasteiger partial charge is 0.449 e. The Labute approximate surface area is 145 Å². The van der Waals surface area contributed by atoms with Crippen LogP contribution in [0.4, 0.5) is 9.18 Å². The highest BCUT2D eigenvalue weighted by Gasteiger charge is 2.20. The molecule has 1 aromatic carbocycles. The summed E-state index contributed by atoms with van der Waals surface area (Å²) in [5.41, 5.74) is 5.96. The van der Waals surface area contributed by atoms with Crippen LogP contribution in [0.5, 0.6) is 0 Å². The summed E-state index contributed by atoms with van der Waals surface area (Å²) in [6, 6.07) is 6.51. The van der Waals surface area contributed by atoms with Gasteiger partial charge in [0.05, 0.1) is 5.69 Å². The molecule has 0 saturated carbocycles. The Balaban J connectivity index is 2.33. The maximum absolute atomic E-state index is 13.5. The molecule has 1 heterocycles. The zero-order chi connectivity index (χ0) is 17.7. The van der Waals surface area contributed by atoms with E-state index >= 15 is 0 Å². The van der Waals surface area contributed by atoms with E-state index in [-0.39, 0.29) is 18.3 Å². The number of carbonyl (C=O) groups is 1. The van der Waals surface area contributed by atoms with Gasteiger partial charge in [0.2, 0.25) is 0 Å². The average Bonchev–Trinajstić information content (AvgIpc) is 2.84. The van der Waals surface area contributed by atoms with Gasteiger partial charge in [0.15, 0.2) is 0 Å². The van der Waals surface area contributed by atoms with E-state index in [2.05, 4.69) is 18.4 Å². The predicted molar refractivity (Wildman–Crippen MR) is 91.8 cm³/mol. The number of imidazole rings is 1. The van der Waals surface area contributed by atoms with Gasteiger partial charge in [0.25, 0.3) is 0 Å². The topological polar surface area (TPSA) is 70.1 Å². The SMILES string of the molecule is CCn1c(CCOC(N)=O)nc(C(C)C)c1Sc1cccc(F)c1. The van der Waals surface area contributed by atoms with E-state index in [1.54, 1.807) is 6.07 Å². The minimum atomic E-state index is -0.789. The lowest BCUT2D eigenvalue weighted by Gasteiger charge is -2.11. The van der Waals surface area contributed by atoms with Crippen LogP contribution in [-0.2, 0) is 17.7 Å². The standard InChI is InChI=1S/C17H22FN3O2S/c1-4-21-14(8-9-23-17(19)22)20-15(11(2)3)16(21)24-13-7-5-6-12(18)10-13/h5-7,10-11H,4,8-9H2,1-3H3,(H2,19,22). The fourth-order valence-corrected chi connectivity index (χ4v) is 3.66. The first-order chi connectivity index (χ1) is 11.4. The molecule has 0 aliphatic carbocycles. The van der Waals surface area contributed by atoms with Crippen LogP contribution in [-0.4, -0.2) is 22.3 Å². The molecular formula is C17H22FN3O2S. The molecule has 7 heteroatoms. The lowest BCUT2D eigenvalue weighted by atomic mass is 10.1. The van der Waals surface area contributed by atoms with Crippen LogP contribution < -0.4 is 5.73 Å². The first-order valence-corrected chi connectivity index (χ1v) is 8.69. The predicted octanol–water partition coefficient (Wildman–Crippen LogP) is 3.95. The Kier molecular flexibility index (Phi) is 6.25. The number of benzene rings is 1. The maximum atomic E-state index is 13.5. The molecule has 0 aliphatic rings. The molecule has 0 saturated heterocycles. The van der Waals surface area contributed by atoms with Crippen LogP contribution in [0.2, 0.25) is 0 Å². The normalized spacial score (nSPS) is 11.0. The fraction of sp³-hybridized carbons (Fsp3) is 0.412. The molecule has 0 atom stereocenters. The quantitative estimate of drug-likeness (QED) is 0.820. The molecule has 2 rings (SSSR count). The smallest absolute Gasteiger partial charge is 0.404 e. The number of nitrogens with two attached hydrogens (primary N) is 1. The zero-order valence-electron chi connectivity index (χ0n) is 14.1. The van der Waals surface area contributed by atoms with Crippen molar-refractivity contribution < 1.29 is 13.9 Å². The Hall–Kier alpha value is -2.02. The second-order valence-corrected chi connectivity index (χ2v) is 6.66. The number of ether oxygens (including phenoxy) is 1. The van der Waals surface area contributed by atoms with Crippen LogP contribution in [0, 0.1) is 5.82 Å².